The number of rotatable bonds is 3. The van der Waals surface area contributed by atoms with Crippen molar-refractivity contribution in [3.63, 3.8) is 0 Å². The van der Waals surface area contributed by atoms with Crippen molar-refractivity contribution in [1.82, 2.24) is 0 Å². The van der Waals surface area contributed by atoms with Crippen molar-refractivity contribution in [1.29, 1.82) is 0 Å². The summed E-state index contributed by atoms with van der Waals surface area (Å²) >= 11 is 0. The molecule has 0 amide bonds. The Balaban J connectivity index is 2.45. The molecule has 1 aliphatic rings. The summed E-state index contributed by atoms with van der Waals surface area (Å²) in [7, 11) is 0. The second kappa shape index (κ2) is 4.79. The summed E-state index contributed by atoms with van der Waals surface area (Å²) in [5, 5.41) is 0. The lowest BCUT2D eigenvalue weighted by Crippen LogP contribution is -2.33. The third-order valence-corrected chi connectivity index (χ3v) is 2.60. The third-order valence-electron chi connectivity index (χ3n) is 2.60. The molecule has 1 heteroatoms. The highest BCUT2D eigenvalue weighted by Gasteiger charge is 2.25. The second-order valence-electron chi connectivity index (χ2n) is 4.70. The van der Waals surface area contributed by atoms with E-state index in [1.807, 2.05) is 0 Å². The Morgan fingerprint density at radius 3 is 2.86 bits per heavy atom. The van der Waals surface area contributed by atoms with Crippen molar-refractivity contribution in [3.05, 3.63) is 23.8 Å². The first-order valence-electron chi connectivity index (χ1n) is 5.51. The van der Waals surface area contributed by atoms with Crippen LogP contribution in [0.1, 0.15) is 47.0 Å². The second-order valence-corrected chi connectivity index (χ2v) is 4.70. The Kier molecular flexibility index (Phi) is 3.94. The van der Waals surface area contributed by atoms with Crippen LogP contribution in [-0.4, -0.2) is 11.7 Å². The minimum absolute atomic E-state index is 0.0381. The molecule has 14 heavy (non-hydrogen) atoms. The van der Waals surface area contributed by atoms with Gasteiger partial charge in [0.1, 0.15) is 0 Å². The van der Waals surface area contributed by atoms with Gasteiger partial charge in [-0.05, 0) is 47.0 Å². The van der Waals surface area contributed by atoms with Gasteiger partial charge in [-0.25, -0.2) is 0 Å². The standard InChI is InChI=1S/C13H22O/c1-11(2)7-5-9-13(4)10-6-8-12(3)14-13/h6-7,10,12H,5,8-9H2,1-4H3/t12-,13?/m0/s1. The fraction of sp³-hybridized carbons (Fsp3) is 0.692. The molecule has 0 saturated heterocycles. The molecule has 2 atom stereocenters. The summed E-state index contributed by atoms with van der Waals surface area (Å²) < 4.78 is 5.94. The predicted molar refractivity (Wildman–Crippen MR) is 61.4 cm³/mol. The van der Waals surface area contributed by atoms with Crippen LogP contribution < -0.4 is 0 Å². The summed E-state index contributed by atoms with van der Waals surface area (Å²) in [5.41, 5.74) is 1.35. The van der Waals surface area contributed by atoms with Gasteiger partial charge >= 0.3 is 0 Å². The summed E-state index contributed by atoms with van der Waals surface area (Å²) in [4.78, 5) is 0. The highest BCUT2D eigenvalue weighted by atomic mass is 16.5. The maximum atomic E-state index is 5.94. The van der Waals surface area contributed by atoms with E-state index in [1.54, 1.807) is 0 Å². The first-order chi connectivity index (χ1) is 6.52. The van der Waals surface area contributed by atoms with E-state index in [4.69, 9.17) is 4.74 Å². The zero-order chi connectivity index (χ0) is 10.6. The monoisotopic (exact) mass is 194 g/mol. The maximum absolute atomic E-state index is 5.94. The molecule has 0 aromatic carbocycles. The van der Waals surface area contributed by atoms with Gasteiger partial charge in [0.15, 0.2) is 0 Å². The van der Waals surface area contributed by atoms with Crippen LogP contribution in [0.5, 0.6) is 0 Å². The molecule has 0 fully saturated rings. The fourth-order valence-corrected chi connectivity index (χ4v) is 1.85. The van der Waals surface area contributed by atoms with Crippen LogP contribution in [0.15, 0.2) is 23.8 Å². The molecule has 0 aromatic heterocycles. The van der Waals surface area contributed by atoms with Crippen LogP contribution in [0.25, 0.3) is 0 Å². The van der Waals surface area contributed by atoms with Crippen LogP contribution in [-0.2, 0) is 4.74 Å². The van der Waals surface area contributed by atoms with Gasteiger partial charge in [-0.2, -0.15) is 0 Å². The number of hydrogen-bond acceptors (Lipinski definition) is 1. The summed E-state index contributed by atoms with van der Waals surface area (Å²) in [6.45, 7) is 8.60. The van der Waals surface area contributed by atoms with Crippen molar-refractivity contribution in [2.24, 2.45) is 0 Å². The quantitative estimate of drug-likeness (QED) is 0.620. The van der Waals surface area contributed by atoms with Gasteiger partial charge in [0, 0.05) is 0 Å². The van der Waals surface area contributed by atoms with Crippen LogP contribution in [0, 0.1) is 0 Å². The molecular formula is C13H22O. The van der Waals surface area contributed by atoms with Gasteiger partial charge in [0.2, 0.25) is 0 Å². The van der Waals surface area contributed by atoms with E-state index in [1.165, 1.54) is 5.57 Å². The van der Waals surface area contributed by atoms with Gasteiger partial charge in [-0.1, -0.05) is 23.8 Å². The molecule has 0 spiro atoms. The topological polar surface area (TPSA) is 9.23 Å². The van der Waals surface area contributed by atoms with E-state index in [9.17, 15) is 0 Å². The Morgan fingerprint density at radius 1 is 1.57 bits per heavy atom. The summed E-state index contributed by atoms with van der Waals surface area (Å²) in [5.74, 6) is 0. The highest BCUT2D eigenvalue weighted by molar-refractivity contribution is 5.05. The molecule has 0 aromatic rings. The molecule has 1 heterocycles. The molecule has 80 valence electrons. The van der Waals surface area contributed by atoms with E-state index in [-0.39, 0.29) is 5.60 Å². The van der Waals surface area contributed by atoms with E-state index in [0.29, 0.717) is 6.10 Å². The number of ether oxygens (including phenoxy) is 1. The third kappa shape index (κ3) is 3.67. The van der Waals surface area contributed by atoms with Crippen LogP contribution >= 0.6 is 0 Å². The van der Waals surface area contributed by atoms with E-state index in [2.05, 4.69) is 45.9 Å². The largest absolute Gasteiger partial charge is 0.368 e. The first kappa shape index (κ1) is 11.5. The minimum Gasteiger partial charge on any atom is -0.368 e. The van der Waals surface area contributed by atoms with Crippen LogP contribution in [0.4, 0.5) is 0 Å². The van der Waals surface area contributed by atoms with E-state index >= 15 is 0 Å². The lowest BCUT2D eigenvalue weighted by Gasteiger charge is -2.33. The smallest absolute Gasteiger partial charge is 0.0841 e. The molecule has 0 bridgehead atoms. The van der Waals surface area contributed by atoms with Crippen molar-refractivity contribution >= 4 is 0 Å². The number of allylic oxidation sites excluding steroid dienone is 2. The van der Waals surface area contributed by atoms with Gasteiger partial charge in [-0.3, -0.25) is 0 Å². The lowest BCUT2D eigenvalue weighted by atomic mass is 9.95. The Labute approximate surface area is 87.8 Å². The van der Waals surface area contributed by atoms with Crippen molar-refractivity contribution in [2.75, 3.05) is 0 Å². The molecule has 1 nitrogen and oxygen atoms in total. The molecule has 1 aliphatic heterocycles. The first-order valence-corrected chi connectivity index (χ1v) is 5.51. The van der Waals surface area contributed by atoms with E-state index < -0.39 is 0 Å². The van der Waals surface area contributed by atoms with Crippen molar-refractivity contribution in [2.45, 2.75) is 58.7 Å². The van der Waals surface area contributed by atoms with Crippen LogP contribution in [0.3, 0.4) is 0 Å². The molecule has 1 unspecified atom stereocenters. The minimum atomic E-state index is -0.0381. The van der Waals surface area contributed by atoms with Crippen molar-refractivity contribution < 1.29 is 4.74 Å². The zero-order valence-corrected chi connectivity index (χ0v) is 9.84. The molecule has 0 aliphatic carbocycles. The molecule has 0 radical (unpaired) electrons. The van der Waals surface area contributed by atoms with Crippen LogP contribution in [0.2, 0.25) is 0 Å². The van der Waals surface area contributed by atoms with Gasteiger partial charge < -0.3 is 4.74 Å². The average molecular weight is 194 g/mol. The fourth-order valence-electron chi connectivity index (χ4n) is 1.85. The predicted octanol–water partition coefficient (Wildman–Crippen LogP) is 3.86. The van der Waals surface area contributed by atoms with Gasteiger partial charge in [-0.15, -0.1) is 0 Å². The summed E-state index contributed by atoms with van der Waals surface area (Å²) in [6, 6.07) is 0. The normalized spacial score (nSPS) is 31.6. The highest BCUT2D eigenvalue weighted by Crippen LogP contribution is 2.27. The average Bonchev–Trinajstić information content (AvgIpc) is 2.01. The molecule has 0 N–H and O–H groups in total. The number of hydrogen-bond donors (Lipinski definition) is 0. The molecule has 0 saturated carbocycles. The lowest BCUT2D eigenvalue weighted by molar-refractivity contribution is -0.0546. The van der Waals surface area contributed by atoms with E-state index in [0.717, 1.165) is 19.3 Å². The Hall–Kier alpha value is -0.560. The SMILES string of the molecule is CC(C)=CCCC1(C)C=CC[C@H](C)O1. The van der Waals surface area contributed by atoms with Gasteiger partial charge in [0.05, 0.1) is 11.7 Å². The molecular weight excluding hydrogens is 172 g/mol. The maximum Gasteiger partial charge on any atom is 0.0841 e. The Morgan fingerprint density at radius 2 is 2.29 bits per heavy atom. The summed E-state index contributed by atoms with van der Waals surface area (Å²) in [6.07, 6.45) is 10.4. The Bertz CT molecular complexity index is 236. The van der Waals surface area contributed by atoms with Gasteiger partial charge in [0.25, 0.3) is 0 Å². The zero-order valence-electron chi connectivity index (χ0n) is 9.84. The molecule has 1 rings (SSSR count). The van der Waals surface area contributed by atoms with Crippen molar-refractivity contribution in [3.8, 4) is 0 Å².